The summed E-state index contributed by atoms with van der Waals surface area (Å²) in [6.07, 6.45) is 3.01. The van der Waals surface area contributed by atoms with Crippen molar-refractivity contribution >= 4 is 11.8 Å². The smallest absolute Gasteiger partial charge is 0.236 e. The molecule has 0 bridgehead atoms. The third-order valence-electron chi connectivity index (χ3n) is 3.69. The van der Waals surface area contributed by atoms with Crippen molar-refractivity contribution in [2.24, 2.45) is 5.92 Å². The lowest BCUT2D eigenvalue weighted by Gasteiger charge is -2.35. The van der Waals surface area contributed by atoms with Crippen LogP contribution in [0, 0.1) is 5.92 Å². The van der Waals surface area contributed by atoms with E-state index in [4.69, 9.17) is 0 Å². The van der Waals surface area contributed by atoms with Gasteiger partial charge in [-0.3, -0.25) is 9.59 Å². The molecule has 2 amide bonds. The number of nitrogens with one attached hydrogen (secondary N) is 1. The van der Waals surface area contributed by atoms with Gasteiger partial charge in [0.2, 0.25) is 11.8 Å². The van der Waals surface area contributed by atoms with Crippen molar-refractivity contribution in [2.45, 2.75) is 39.2 Å². The highest BCUT2D eigenvalue weighted by atomic mass is 16.2. The Bertz CT molecular complexity index is 332. The van der Waals surface area contributed by atoms with Crippen molar-refractivity contribution in [3.63, 3.8) is 0 Å². The molecule has 0 spiro atoms. The molecule has 0 aromatic rings. The number of carbonyl (C=O) groups is 2. The third-order valence-corrected chi connectivity index (χ3v) is 3.69. The Morgan fingerprint density at radius 3 is 2.05 bits per heavy atom. The molecule has 19 heavy (non-hydrogen) atoms. The first-order chi connectivity index (χ1) is 9.06. The molecule has 1 heterocycles. The number of rotatable bonds is 5. The molecule has 5 heteroatoms. The van der Waals surface area contributed by atoms with E-state index < -0.39 is 0 Å². The minimum atomic E-state index is 0.169. The van der Waals surface area contributed by atoms with Crippen molar-refractivity contribution in [3.05, 3.63) is 0 Å². The summed E-state index contributed by atoms with van der Waals surface area (Å²) < 4.78 is 0. The predicted octanol–water partition coefficient (Wildman–Crippen LogP) is 0.455. The third kappa shape index (κ3) is 4.49. The van der Waals surface area contributed by atoms with Crippen LogP contribution in [0.1, 0.15) is 33.1 Å². The molecular formula is C14H25N3O2. The second-order valence-electron chi connectivity index (χ2n) is 6.01. The van der Waals surface area contributed by atoms with E-state index in [1.54, 1.807) is 0 Å². The lowest BCUT2D eigenvalue weighted by Crippen LogP contribution is -2.52. The minimum Gasteiger partial charge on any atom is -0.339 e. The molecule has 0 atom stereocenters. The Morgan fingerprint density at radius 2 is 1.58 bits per heavy atom. The largest absolute Gasteiger partial charge is 0.339 e. The van der Waals surface area contributed by atoms with E-state index in [9.17, 15) is 9.59 Å². The van der Waals surface area contributed by atoms with Gasteiger partial charge in [0.25, 0.3) is 0 Å². The first-order valence-electron chi connectivity index (χ1n) is 7.35. The average molecular weight is 267 g/mol. The van der Waals surface area contributed by atoms with Gasteiger partial charge in [-0.15, -0.1) is 0 Å². The van der Waals surface area contributed by atoms with E-state index in [2.05, 4.69) is 19.2 Å². The van der Waals surface area contributed by atoms with Gasteiger partial charge >= 0.3 is 0 Å². The van der Waals surface area contributed by atoms with E-state index in [0.717, 1.165) is 0 Å². The minimum absolute atomic E-state index is 0.169. The molecular weight excluding hydrogens is 242 g/mol. The topological polar surface area (TPSA) is 52.7 Å². The molecule has 2 fully saturated rings. The predicted molar refractivity (Wildman–Crippen MR) is 73.6 cm³/mol. The van der Waals surface area contributed by atoms with E-state index in [1.807, 2.05) is 9.80 Å². The summed E-state index contributed by atoms with van der Waals surface area (Å²) in [4.78, 5) is 27.6. The fourth-order valence-corrected chi connectivity index (χ4v) is 2.31. The van der Waals surface area contributed by atoms with E-state index in [-0.39, 0.29) is 11.8 Å². The number of nitrogens with zero attached hydrogens (tertiary/aromatic N) is 2. The average Bonchev–Trinajstić information content (AvgIpc) is 3.19. The molecule has 2 rings (SSSR count). The normalized spacial score (nSPS) is 19.9. The van der Waals surface area contributed by atoms with E-state index in [1.165, 1.54) is 12.8 Å². The molecule has 0 aromatic heterocycles. The number of amides is 2. The van der Waals surface area contributed by atoms with Crippen LogP contribution >= 0.6 is 0 Å². The van der Waals surface area contributed by atoms with Gasteiger partial charge in [-0.1, -0.05) is 13.8 Å². The van der Waals surface area contributed by atoms with Gasteiger partial charge in [0.15, 0.2) is 0 Å². The van der Waals surface area contributed by atoms with Crippen molar-refractivity contribution < 1.29 is 9.59 Å². The van der Waals surface area contributed by atoms with Crippen LogP contribution in [0.2, 0.25) is 0 Å². The van der Waals surface area contributed by atoms with Crippen LogP contribution in [0.5, 0.6) is 0 Å². The van der Waals surface area contributed by atoms with Crippen molar-refractivity contribution in [1.82, 2.24) is 15.1 Å². The summed E-state index contributed by atoms with van der Waals surface area (Å²) in [6, 6.07) is 0.567. The van der Waals surface area contributed by atoms with Crippen LogP contribution in [0.3, 0.4) is 0 Å². The summed E-state index contributed by atoms with van der Waals surface area (Å²) in [5.41, 5.74) is 0. The maximum atomic E-state index is 11.9. The van der Waals surface area contributed by atoms with Crippen molar-refractivity contribution in [3.8, 4) is 0 Å². The van der Waals surface area contributed by atoms with E-state index in [0.29, 0.717) is 51.1 Å². The molecule has 0 radical (unpaired) electrons. The fourth-order valence-electron chi connectivity index (χ4n) is 2.31. The van der Waals surface area contributed by atoms with E-state index >= 15 is 0 Å². The van der Waals surface area contributed by atoms with Gasteiger partial charge in [0, 0.05) is 38.6 Å². The summed E-state index contributed by atoms with van der Waals surface area (Å²) in [7, 11) is 0. The zero-order chi connectivity index (χ0) is 13.8. The second kappa shape index (κ2) is 6.37. The van der Waals surface area contributed by atoms with Crippen LogP contribution in [-0.2, 0) is 9.59 Å². The molecule has 0 aromatic carbocycles. The Morgan fingerprint density at radius 1 is 1.05 bits per heavy atom. The molecule has 0 unspecified atom stereocenters. The number of hydrogen-bond donors (Lipinski definition) is 1. The molecule has 1 aliphatic heterocycles. The number of hydrogen-bond acceptors (Lipinski definition) is 3. The van der Waals surface area contributed by atoms with Crippen LogP contribution in [0.15, 0.2) is 0 Å². The maximum absolute atomic E-state index is 11.9. The quantitative estimate of drug-likeness (QED) is 0.787. The Balaban J connectivity index is 1.68. The number of piperazine rings is 1. The van der Waals surface area contributed by atoms with Crippen molar-refractivity contribution in [1.29, 1.82) is 0 Å². The summed E-state index contributed by atoms with van der Waals surface area (Å²) >= 11 is 0. The Hall–Kier alpha value is -1.10. The van der Waals surface area contributed by atoms with Crippen LogP contribution < -0.4 is 5.32 Å². The van der Waals surface area contributed by atoms with Crippen LogP contribution in [0.4, 0.5) is 0 Å². The number of carbonyl (C=O) groups excluding carboxylic acids is 2. The Labute approximate surface area is 115 Å². The highest BCUT2D eigenvalue weighted by molar-refractivity contribution is 5.79. The lowest BCUT2D eigenvalue weighted by molar-refractivity contribution is -0.139. The lowest BCUT2D eigenvalue weighted by atomic mass is 10.1. The maximum Gasteiger partial charge on any atom is 0.236 e. The van der Waals surface area contributed by atoms with Gasteiger partial charge in [0.1, 0.15) is 0 Å². The Kier molecular flexibility index (Phi) is 4.80. The zero-order valence-corrected chi connectivity index (χ0v) is 12.0. The van der Waals surface area contributed by atoms with Gasteiger partial charge < -0.3 is 15.1 Å². The molecule has 1 aliphatic carbocycles. The van der Waals surface area contributed by atoms with Crippen molar-refractivity contribution in [2.75, 3.05) is 32.7 Å². The molecule has 2 aliphatic rings. The molecule has 5 nitrogen and oxygen atoms in total. The van der Waals surface area contributed by atoms with Crippen LogP contribution in [0.25, 0.3) is 0 Å². The summed E-state index contributed by atoms with van der Waals surface area (Å²) in [6.45, 7) is 7.28. The van der Waals surface area contributed by atoms with Crippen LogP contribution in [-0.4, -0.2) is 60.4 Å². The SMILES string of the molecule is CC(C)CC(=O)N1CCN(C(=O)CNC2CC2)CC1. The van der Waals surface area contributed by atoms with Gasteiger partial charge in [-0.05, 0) is 18.8 Å². The standard InChI is InChI=1S/C14H25N3O2/c1-11(2)9-13(18)16-5-7-17(8-6-16)14(19)10-15-12-3-4-12/h11-12,15H,3-10H2,1-2H3. The first-order valence-corrected chi connectivity index (χ1v) is 7.35. The highest BCUT2D eigenvalue weighted by Crippen LogP contribution is 2.18. The summed E-state index contributed by atoms with van der Waals surface area (Å²) in [5.74, 6) is 0.788. The zero-order valence-electron chi connectivity index (χ0n) is 12.0. The van der Waals surface area contributed by atoms with Gasteiger partial charge in [-0.2, -0.15) is 0 Å². The summed E-state index contributed by atoms with van der Waals surface area (Å²) in [5, 5.41) is 3.24. The molecule has 1 N–H and O–H groups in total. The second-order valence-corrected chi connectivity index (χ2v) is 6.01. The first kappa shape index (κ1) is 14.3. The molecule has 1 saturated heterocycles. The molecule has 1 saturated carbocycles. The van der Waals surface area contributed by atoms with Gasteiger partial charge in [-0.25, -0.2) is 0 Å². The fraction of sp³-hybridized carbons (Fsp3) is 0.857. The molecule has 108 valence electrons. The monoisotopic (exact) mass is 267 g/mol. The highest BCUT2D eigenvalue weighted by Gasteiger charge is 2.26. The van der Waals surface area contributed by atoms with Gasteiger partial charge in [0.05, 0.1) is 6.54 Å².